The Balaban J connectivity index is 1.79. The molecule has 0 saturated carbocycles. The van der Waals surface area contributed by atoms with E-state index in [9.17, 15) is 19.1 Å². The number of halogens is 1. The molecule has 8 nitrogen and oxygen atoms in total. The zero-order chi connectivity index (χ0) is 20.1. The predicted molar refractivity (Wildman–Crippen MR) is 99.8 cm³/mol. The lowest BCUT2D eigenvalue weighted by atomic mass is 10.1. The van der Waals surface area contributed by atoms with Gasteiger partial charge in [-0.15, -0.1) is 0 Å². The highest BCUT2D eigenvalue weighted by Crippen LogP contribution is 2.24. The lowest BCUT2D eigenvalue weighted by molar-refractivity contribution is -0.142. The van der Waals surface area contributed by atoms with E-state index in [2.05, 4.69) is 5.32 Å². The van der Waals surface area contributed by atoms with Crippen LogP contribution in [0.3, 0.4) is 0 Å². The van der Waals surface area contributed by atoms with Crippen LogP contribution in [0.2, 0.25) is 0 Å². The van der Waals surface area contributed by atoms with Gasteiger partial charge < -0.3 is 29.7 Å². The molecule has 0 radical (unpaired) electrons. The third kappa shape index (κ3) is 4.49. The second kappa shape index (κ2) is 9.42. The molecule has 2 heterocycles. The normalized spacial score (nSPS) is 21.7. The summed E-state index contributed by atoms with van der Waals surface area (Å²) in [5.41, 5.74) is 0.336. The summed E-state index contributed by atoms with van der Waals surface area (Å²) in [6.45, 7) is 2.70. The number of nitrogens with zero attached hydrogens (tertiary/aromatic N) is 2. The number of nitrogens with one attached hydrogen (secondary N) is 1. The molecule has 28 heavy (non-hydrogen) atoms. The minimum absolute atomic E-state index is 0.0778. The number of benzene rings is 1. The Morgan fingerprint density at radius 3 is 2.79 bits per heavy atom. The van der Waals surface area contributed by atoms with E-state index in [1.54, 1.807) is 7.05 Å². The summed E-state index contributed by atoms with van der Waals surface area (Å²) in [7, 11) is 1.76. The fourth-order valence-electron chi connectivity index (χ4n) is 3.36. The third-order valence-corrected chi connectivity index (χ3v) is 4.95. The van der Waals surface area contributed by atoms with Gasteiger partial charge in [-0.25, -0.2) is 4.39 Å². The molecular weight excluding hydrogens is 369 g/mol. The minimum Gasteiger partial charge on any atom is -0.390 e. The molecule has 0 spiro atoms. The van der Waals surface area contributed by atoms with Crippen LogP contribution in [0.15, 0.2) is 18.2 Å². The van der Waals surface area contributed by atoms with Crippen LogP contribution in [-0.4, -0.2) is 87.1 Å². The summed E-state index contributed by atoms with van der Waals surface area (Å²) in [4.78, 5) is 28.5. The molecule has 2 N–H and O–H groups in total. The van der Waals surface area contributed by atoms with Gasteiger partial charge in [0.2, 0.25) is 0 Å². The SMILES string of the molecule is CNCC[C@H](O)C1OCCN(c2ccc(F)c(C(=O)N3CCOCC3)c2)C1=O. The fourth-order valence-corrected chi connectivity index (χ4v) is 3.36. The first-order chi connectivity index (χ1) is 13.5. The van der Waals surface area contributed by atoms with E-state index in [0.29, 0.717) is 45.0 Å². The largest absolute Gasteiger partial charge is 0.390 e. The number of hydrogen-bond donors (Lipinski definition) is 2. The quantitative estimate of drug-likeness (QED) is 0.705. The number of morpholine rings is 2. The van der Waals surface area contributed by atoms with Gasteiger partial charge in [-0.05, 0) is 38.2 Å². The van der Waals surface area contributed by atoms with Crippen LogP contribution < -0.4 is 10.2 Å². The summed E-state index contributed by atoms with van der Waals surface area (Å²) in [6, 6.07) is 4.05. The zero-order valence-corrected chi connectivity index (χ0v) is 15.9. The molecule has 0 aliphatic carbocycles. The van der Waals surface area contributed by atoms with E-state index in [1.165, 1.54) is 28.0 Å². The van der Waals surface area contributed by atoms with E-state index in [-0.39, 0.29) is 18.7 Å². The molecule has 1 aromatic rings. The Kier molecular flexibility index (Phi) is 6.95. The molecule has 3 rings (SSSR count). The van der Waals surface area contributed by atoms with Crippen LogP contribution in [-0.2, 0) is 14.3 Å². The van der Waals surface area contributed by atoms with Gasteiger partial charge in [0.25, 0.3) is 11.8 Å². The van der Waals surface area contributed by atoms with Gasteiger partial charge in [-0.1, -0.05) is 0 Å². The highest BCUT2D eigenvalue weighted by atomic mass is 19.1. The van der Waals surface area contributed by atoms with Crippen molar-refractivity contribution in [2.45, 2.75) is 18.6 Å². The van der Waals surface area contributed by atoms with Crippen molar-refractivity contribution >= 4 is 17.5 Å². The highest BCUT2D eigenvalue weighted by Gasteiger charge is 2.36. The van der Waals surface area contributed by atoms with Gasteiger partial charge in [0.1, 0.15) is 5.82 Å². The Bertz CT molecular complexity index is 711. The minimum atomic E-state index is -0.981. The average molecular weight is 395 g/mol. The summed E-state index contributed by atoms with van der Waals surface area (Å²) >= 11 is 0. The first-order valence-corrected chi connectivity index (χ1v) is 9.45. The lowest BCUT2D eigenvalue weighted by Gasteiger charge is -2.35. The van der Waals surface area contributed by atoms with Crippen LogP contribution in [0, 0.1) is 5.82 Å². The molecule has 2 amide bonds. The van der Waals surface area contributed by atoms with Crippen molar-refractivity contribution in [1.29, 1.82) is 0 Å². The number of anilines is 1. The summed E-state index contributed by atoms with van der Waals surface area (Å²) in [5.74, 6) is -1.45. The summed E-state index contributed by atoms with van der Waals surface area (Å²) in [5, 5.41) is 13.2. The van der Waals surface area contributed by atoms with Crippen LogP contribution in [0.5, 0.6) is 0 Å². The molecule has 0 bridgehead atoms. The van der Waals surface area contributed by atoms with Crippen molar-refractivity contribution in [3.63, 3.8) is 0 Å². The lowest BCUT2D eigenvalue weighted by Crippen LogP contribution is -2.53. The Morgan fingerprint density at radius 2 is 2.07 bits per heavy atom. The molecule has 2 aliphatic heterocycles. The van der Waals surface area contributed by atoms with Gasteiger partial charge in [-0.2, -0.15) is 0 Å². The molecule has 9 heteroatoms. The van der Waals surface area contributed by atoms with Crippen molar-refractivity contribution in [3.05, 3.63) is 29.6 Å². The van der Waals surface area contributed by atoms with Crippen molar-refractivity contribution < 1.29 is 28.6 Å². The zero-order valence-electron chi connectivity index (χ0n) is 15.9. The van der Waals surface area contributed by atoms with Crippen molar-refractivity contribution in [2.24, 2.45) is 0 Å². The predicted octanol–water partition coefficient (Wildman–Crippen LogP) is 0.000300. The van der Waals surface area contributed by atoms with E-state index in [0.717, 1.165) is 0 Å². The second-order valence-electron chi connectivity index (χ2n) is 6.81. The van der Waals surface area contributed by atoms with Crippen LogP contribution in [0.4, 0.5) is 10.1 Å². The fraction of sp³-hybridized carbons (Fsp3) is 0.579. The number of aliphatic hydroxyl groups is 1. The molecule has 2 fully saturated rings. The van der Waals surface area contributed by atoms with Gasteiger partial charge in [0.15, 0.2) is 6.10 Å². The van der Waals surface area contributed by atoms with Crippen molar-refractivity contribution in [3.8, 4) is 0 Å². The van der Waals surface area contributed by atoms with Crippen molar-refractivity contribution in [2.75, 3.05) is 57.9 Å². The van der Waals surface area contributed by atoms with E-state index in [4.69, 9.17) is 9.47 Å². The first-order valence-electron chi connectivity index (χ1n) is 9.45. The van der Waals surface area contributed by atoms with Gasteiger partial charge in [-0.3, -0.25) is 9.59 Å². The van der Waals surface area contributed by atoms with Gasteiger partial charge in [0.05, 0.1) is 31.5 Å². The van der Waals surface area contributed by atoms with E-state index in [1.807, 2.05) is 0 Å². The number of ether oxygens (including phenoxy) is 2. The number of carbonyl (C=O) groups is 2. The molecule has 1 unspecified atom stereocenters. The number of aliphatic hydroxyl groups excluding tert-OH is 1. The van der Waals surface area contributed by atoms with Crippen LogP contribution >= 0.6 is 0 Å². The standard InChI is InChI=1S/C19H26FN3O5/c1-21-5-4-16(24)17-19(26)23(8-11-28-17)13-2-3-15(20)14(12-13)18(25)22-6-9-27-10-7-22/h2-3,12,16-17,21,24H,4-11H2,1H3/t16-,17?/m0/s1. The number of hydrogen-bond acceptors (Lipinski definition) is 6. The van der Waals surface area contributed by atoms with Crippen LogP contribution in [0.25, 0.3) is 0 Å². The molecular formula is C19H26FN3O5. The number of carbonyl (C=O) groups excluding carboxylic acids is 2. The molecule has 2 aliphatic rings. The van der Waals surface area contributed by atoms with E-state index >= 15 is 0 Å². The van der Waals surface area contributed by atoms with Gasteiger partial charge in [0, 0.05) is 25.3 Å². The van der Waals surface area contributed by atoms with Crippen molar-refractivity contribution in [1.82, 2.24) is 10.2 Å². The average Bonchev–Trinajstić information content (AvgIpc) is 2.73. The Hall–Kier alpha value is -2.07. The van der Waals surface area contributed by atoms with Gasteiger partial charge >= 0.3 is 0 Å². The smallest absolute Gasteiger partial charge is 0.258 e. The van der Waals surface area contributed by atoms with E-state index < -0.39 is 29.8 Å². The highest BCUT2D eigenvalue weighted by molar-refractivity contribution is 6.00. The number of rotatable bonds is 6. The van der Waals surface area contributed by atoms with Crippen LogP contribution in [0.1, 0.15) is 16.8 Å². The maximum Gasteiger partial charge on any atom is 0.258 e. The summed E-state index contributed by atoms with van der Waals surface area (Å²) < 4.78 is 25.0. The maximum absolute atomic E-state index is 14.3. The summed E-state index contributed by atoms with van der Waals surface area (Å²) in [6.07, 6.45) is -1.56. The molecule has 154 valence electrons. The monoisotopic (exact) mass is 395 g/mol. The molecule has 0 aromatic heterocycles. The topological polar surface area (TPSA) is 91.3 Å². The molecule has 2 saturated heterocycles. The Morgan fingerprint density at radius 1 is 1.32 bits per heavy atom. The second-order valence-corrected chi connectivity index (χ2v) is 6.81. The molecule has 2 atom stereocenters. The first kappa shape index (κ1) is 20.7. The molecule has 1 aromatic carbocycles. The third-order valence-electron chi connectivity index (χ3n) is 4.95. The maximum atomic E-state index is 14.3. The Labute approximate surface area is 163 Å². The number of amides is 2.